The summed E-state index contributed by atoms with van der Waals surface area (Å²) in [4.78, 5) is 40.0. The molecule has 1 aromatic heterocycles. The van der Waals surface area contributed by atoms with E-state index in [0.717, 1.165) is 0 Å². The van der Waals surface area contributed by atoms with Crippen LogP contribution in [0.15, 0.2) is 53.1 Å². The molecule has 1 atom stereocenters. The summed E-state index contributed by atoms with van der Waals surface area (Å²) in [5, 5.41) is 23.4. The van der Waals surface area contributed by atoms with E-state index >= 15 is 0 Å². The number of nitrogens with zero attached hydrogens (tertiary/aromatic N) is 3. The quantitative estimate of drug-likeness (QED) is 0.435. The van der Waals surface area contributed by atoms with Gasteiger partial charge in [0.05, 0.1) is 21.4 Å². The lowest BCUT2D eigenvalue weighted by Gasteiger charge is -2.27. The number of ketones is 1. The van der Waals surface area contributed by atoms with E-state index in [1.54, 1.807) is 23.6 Å². The number of Topliss-reactive ketones (excluding diaryl/α,β-unsaturated/α-hetero) is 1. The van der Waals surface area contributed by atoms with Crippen molar-refractivity contribution in [3.05, 3.63) is 73.7 Å². The molecule has 9 heteroatoms. The minimum atomic E-state index is -0.887. The van der Waals surface area contributed by atoms with Gasteiger partial charge in [0, 0.05) is 25.2 Å². The zero-order valence-corrected chi connectivity index (χ0v) is 16.2. The first-order valence-electron chi connectivity index (χ1n) is 8.52. The van der Waals surface area contributed by atoms with Crippen LogP contribution in [0.25, 0.3) is 0 Å². The molecule has 28 heavy (non-hydrogen) atoms. The molecule has 8 nitrogen and oxygen atoms in total. The van der Waals surface area contributed by atoms with Crippen molar-refractivity contribution < 1.29 is 19.6 Å². The molecule has 0 spiro atoms. The van der Waals surface area contributed by atoms with E-state index < -0.39 is 28.4 Å². The van der Waals surface area contributed by atoms with Gasteiger partial charge < -0.3 is 14.9 Å². The van der Waals surface area contributed by atoms with Crippen molar-refractivity contribution in [2.45, 2.75) is 6.04 Å². The molecule has 1 aliphatic heterocycles. The lowest BCUT2D eigenvalue weighted by Crippen LogP contribution is -2.36. The predicted molar refractivity (Wildman–Crippen MR) is 104 cm³/mol. The van der Waals surface area contributed by atoms with Gasteiger partial charge in [-0.15, -0.1) is 11.3 Å². The summed E-state index contributed by atoms with van der Waals surface area (Å²) in [7, 11) is 3.68. The van der Waals surface area contributed by atoms with Crippen LogP contribution in [0.4, 0.5) is 5.69 Å². The number of aliphatic hydroxyl groups is 1. The van der Waals surface area contributed by atoms with Crippen molar-refractivity contribution in [1.82, 2.24) is 9.80 Å². The highest BCUT2D eigenvalue weighted by atomic mass is 32.1. The maximum atomic E-state index is 13.0. The molecule has 0 saturated carbocycles. The number of non-ortho nitro benzene ring substituents is 1. The topological polar surface area (TPSA) is 104 Å². The second kappa shape index (κ2) is 7.91. The number of carbonyl (C=O) groups is 2. The third kappa shape index (κ3) is 3.67. The van der Waals surface area contributed by atoms with Crippen molar-refractivity contribution in [2.24, 2.45) is 0 Å². The molecule has 0 aliphatic carbocycles. The fourth-order valence-corrected chi connectivity index (χ4v) is 3.80. The molecule has 2 aromatic rings. The molecule has 1 amide bonds. The third-order valence-electron chi connectivity index (χ3n) is 4.48. The van der Waals surface area contributed by atoms with E-state index in [1.807, 2.05) is 19.0 Å². The average molecular weight is 401 g/mol. The van der Waals surface area contributed by atoms with Gasteiger partial charge >= 0.3 is 0 Å². The number of benzene rings is 1. The van der Waals surface area contributed by atoms with Crippen LogP contribution < -0.4 is 0 Å². The number of amides is 1. The van der Waals surface area contributed by atoms with Crippen molar-refractivity contribution in [3.8, 4) is 0 Å². The second-order valence-corrected chi connectivity index (χ2v) is 7.57. The molecular weight excluding hydrogens is 382 g/mol. The first-order chi connectivity index (χ1) is 13.3. The summed E-state index contributed by atoms with van der Waals surface area (Å²) < 4.78 is 0. The first kappa shape index (κ1) is 19.7. The number of hydrogen-bond donors (Lipinski definition) is 1. The van der Waals surface area contributed by atoms with E-state index in [9.17, 15) is 24.8 Å². The Balaban J connectivity index is 2.09. The van der Waals surface area contributed by atoms with E-state index in [2.05, 4.69) is 0 Å². The highest BCUT2D eigenvalue weighted by molar-refractivity contribution is 7.12. The molecule has 0 fully saturated rings. The lowest BCUT2D eigenvalue weighted by atomic mass is 9.95. The fraction of sp³-hybridized carbons (Fsp3) is 0.263. The van der Waals surface area contributed by atoms with E-state index in [-0.39, 0.29) is 17.8 Å². The molecule has 0 unspecified atom stereocenters. The van der Waals surface area contributed by atoms with Crippen molar-refractivity contribution in [3.63, 3.8) is 0 Å². The van der Waals surface area contributed by atoms with E-state index in [4.69, 9.17) is 0 Å². The summed E-state index contributed by atoms with van der Waals surface area (Å²) in [6, 6.07) is 8.24. The normalized spacial score (nSPS) is 16.9. The van der Waals surface area contributed by atoms with Gasteiger partial charge in [-0.2, -0.15) is 0 Å². The van der Waals surface area contributed by atoms with Crippen LogP contribution in [-0.2, 0) is 4.79 Å². The number of nitro benzene ring substituents is 1. The standard InChI is InChI=1S/C19H19N3O5S/c1-20(2)8-9-21-16(12-5-3-6-13(11-12)22(26)27)15(18(24)19(21)25)17(23)14-7-4-10-28-14/h3-7,10-11,16,24H,8-9H2,1-2H3/t16-/m0/s1. The van der Waals surface area contributed by atoms with Gasteiger partial charge in [-0.05, 0) is 31.1 Å². The highest BCUT2D eigenvalue weighted by Gasteiger charge is 2.44. The number of thiophene rings is 1. The molecule has 1 aromatic carbocycles. The third-order valence-corrected chi connectivity index (χ3v) is 5.35. The number of likely N-dealkylation sites (N-methyl/N-ethyl adjacent to an activating group) is 1. The smallest absolute Gasteiger partial charge is 0.290 e. The predicted octanol–water partition coefficient (Wildman–Crippen LogP) is 2.80. The number of rotatable bonds is 7. The fourth-order valence-electron chi connectivity index (χ4n) is 3.12. The Morgan fingerprint density at radius 1 is 1.32 bits per heavy atom. The van der Waals surface area contributed by atoms with Crippen LogP contribution in [0.1, 0.15) is 21.3 Å². The van der Waals surface area contributed by atoms with Gasteiger partial charge in [0.25, 0.3) is 11.6 Å². The largest absolute Gasteiger partial charge is 0.503 e. The van der Waals surface area contributed by atoms with Crippen LogP contribution in [0.5, 0.6) is 0 Å². The van der Waals surface area contributed by atoms with E-state index in [0.29, 0.717) is 17.0 Å². The molecular formula is C19H19N3O5S. The van der Waals surface area contributed by atoms with Crippen molar-refractivity contribution in [1.29, 1.82) is 0 Å². The Bertz CT molecular complexity index is 952. The Morgan fingerprint density at radius 2 is 2.07 bits per heavy atom. The lowest BCUT2D eigenvalue weighted by molar-refractivity contribution is -0.384. The molecule has 0 radical (unpaired) electrons. The number of nitro groups is 1. The van der Waals surface area contributed by atoms with Gasteiger partial charge in [-0.3, -0.25) is 19.7 Å². The maximum absolute atomic E-state index is 13.0. The maximum Gasteiger partial charge on any atom is 0.290 e. The van der Waals surface area contributed by atoms with E-state index in [1.165, 1.54) is 34.4 Å². The summed E-state index contributed by atoms with van der Waals surface area (Å²) in [6.45, 7) is 0.759. The second-order valence-electron chi connectivity index (χ2n) is 6.63. The van der Waals surface area contributed by atoms with Gasteiger partial charge in [-0.1, -0.05) is 18.2 Å². The minimum Gasteiger partial charge on any atom is -0.503 e. The molecule has 0 bridgehead atoms. The van der Waals surface area contributed by atoms with Crippen LogP contribution >= 0.6 is 11.3 Å². The highest BCUT2D eigenvalue weighted by Crippen LogP contribution is 2.40. The number of aliphatic hydroxyl groups excluding tert-OH is 1. The Morgan fingerprint density at radius 3 is 2.68 bits per heavy atom. The van der Waals surface area contributed by atoms with Gasteiger partial charge in [0.2, 0.25) is 5.78 Å². The Kier molecular flexibility index (Phi) is 5.57. The molecule has 3 rings (SSSR count). The summed E-state index contributed by atoms with van der Waals surface area (Å²) in [5.74, 6) is -1.71. The molecule has 2 heterocycles. The molecule has 0 saturated heterocycles. The minimum absolute atomic E-state index is 0.0493. The van der Waals surface area contributed by atoms with Gasteiger partial charge in [-0.25, -0.2) is 0 Å². The molecule has 146 valence electrons. The van der Waals surface area contributed by atoms with Crippen molar-refractivity contribution in [2.75, 3.05) is 27.2 Å². The Labute approximate surface area is 165 Å². The monoisotopic (exact) mass is 401 g/mol. The van der Waals surface area contributed by atoms with Crippen molar-refractivity contribution >= 4 is 28.7 Å². The van der Waals surface area contributed by atoms with Crippen LogP contribution in [0.2, 0.25) is 0 Å². The number of carbonyl (C=O) groups excluding carboxylic acids is 2. The number of hydrogen-bond acceptors (Lipinski definition) is 7. The Hall–Kier alpha value is -3.04. The average Bonchev–Trinajstić information content (AvgIpc) is 3.28. The molecule has 1 N–H and O–H groups in total. The molecule has 1 aliphatic rings. The van der Waals surface area contributed by atoms with Crippen LogP contribution in [0, 0.1) is 10.1 Å². The van der Waals surface area contributed by atoms with Crippen LogP contribution in [-0.4, -0.2) is 58.7 Å². The summed E-state index contributed by atoms with van der Waals surface area (Å²) in [6.07, 6.45) is 0. The zero-order chi connectivity index (χ0) is 20.4. The summed E-state index contributed by atoms with van der Waals surface area (Å²) in [5.41, 5.74) is 0.212. The first-order valence-corrected chi connectivity index (χ1v) is 9.40. The summed E-state index contributed by atoms with van der Waals surface area (Å²) >= 11 is 1.20. The van der Waals surface area contributed by atoms with Gasteiger partial charge in [0.15, 0.2) is 5.76 Å². The SMILES string of the molecule is CN(C)CCN1C(=O)C(O)=C(C(=O)c2cccs2)[C@@H]1c1cccc([N+](=O)[O-])c1. The zero-order valence-electron chi connectivity index (χ0n) is 15.4. The van der Waals surface area contributed by atoms with Gasteiger partial charge in [0.1, 0.15) is 0 Å². The van der Waals surface area contributed by atoms with Crippen LogP contribution in [0.3, 0.4) is 0 Å².